The first-order chi connectivity index (χ1) is 6.63. The highest BCUT2D eigenvalue weighted by molar-refractivity contribution is 7.97. The molecule has 0 saturated carbocycles. The molecule has 1 unspecified atom stereocenters. The molecule has 0 amide bonds. The van der Waals surface area contributed by atoms with Gasteiger partial charge in [-0.3, -0.25) is 0 Å². The number of aromatic nitrogens is 1. The Morgan fingerprint density at radius 2 is 2.29 bits per heavy atom. The Labute approximate surface area is 94.3 Å². The van der Waals surface area contributed by atoms with Gasteiger partial charge in [-0.1, -0.05) is 13.8 Å². The molecule has 1 atom stereocenters. The third-order valence-corrected chi connectivity index (χ3v) is 3.55. The van der Waals surface area contributed by atoms with Crippen molar-refractivity contribution >= 4 is 23.1 Å². The fourth-order valence-corrected chi connectivity index (χ4v) is 2.89. The van der Waals surface area contributed by atoms with Crippen molar-refractivity contribution in [3.05, 3.63) is 16.1 Å². The molecule has 80 valence electrons. The Kier molecular flexibility index (Phi) is 4.92. The molecule has 1 aromatic heterocycles. The molecule has 0 fully saturated rings. The van der Waals surface area contributed by atoms with Crippen molar-refractivity contribution in [1.29, 1.82) is 0 Å². The topological polar surface area (TPSA) is 38.9 Å². The van der Waals surface area contributed by atoms with Gasteiger partial charge in [0.05, 0.1) is 5.69 Å². The van der Waals surface area contributed by atoms with E-state index in [1.54, 1.807) is 23.1 Å². The van der Waals surface area contributed by atoms with E-state index in [1.165, 1.54) is 5.01 Å². The predicted octanol–water partition coefficient (Wildman–Crippen LogP) is 3.05. The Bertz CT molecular complexity index is 271. The van der Waals surface area contributed by atoms with Crippen LogP contribution in [0.1, 0.15) is 37.0 Å². The highest BCUT2D eigenvalue weighted by Gasteiger charge is 2.11. The van der Waals surface area contributed by atoms with Crippen LogP contribution in [-0.2, 0) is 5.75 Å². The lowest BCUT2D eigenvalue weighted by molar-refractivity contribution is 0.503. The Morgan fingerprint density at radius 1 is 1.57 bits per heavy atom. The summed E-state index contributed by atoms with van der Waals surface area (Å²) in [6, 6.07) is 0.113. The second-order valence-electron chi connectivity index (χ2n) is 3.84. The van der Waals surface area contributed by atoms with Gasteiger partial charge in [0.2, 0.25) is 0 Å². The maximum absolute atomic E-state index is 6.04. The Balaban J connectivity index is 2.57. The lowest BCUT2D eigenvalue weighted by Gasteiger charge is -2.10. The fraction of sp³-hybridized carbons (Fsp3) is 0.700. The van der Waals surface area contributed by atoms with E-state index in [0.717, 1.165) is 17.9 Å². The average molecular weight is 230 g/mol. The van der Waals surface area contributed by atoms with E-state index in [2.05, 4.69) is 30.5 Å². The molecule has 2 N–H and O–H groups in total. The number of thioether (sulfide) groups is 1. The third-order valence-electron chi connectivity index (χ3n) is 1.94. The Hall–Kier alpha value is -0.0600. The van der Waals surface area contributed by atoms with Gasteiger partial charge < -0.3 is 5.73 Å². The first kappa shape index (κ1) is 12.0. The second-order valence-corrected chi connectivity index (χ2v) is 5.64. The predicted molar refractivity (Wildman–Crippen MR) is 65.7 cm³/mol. The van der Waals surface area contributed by atoms with E-state index >= 15 is 0 Å². The largest absolute Gasteiger partial charge is 0.323 e. The monoisotopic (exact) mass is 230 g/mol. The molecule has 0 spiro atoms. The van der Waals surface area contributed by atoms with Gasteiger partial charge in [-0.2, -0.15) is 11.8 Å². The van der Waals surface area contributed by atoms with Crippen LogP contribution in [0.4, 0.5) is 0 Å². The molecule has 0 aliphatic carbocycles. The van der Waals surface area contributed by atoms with Crippen LogP contribution in [0.15, 0.2) is 5.38 Å². The van der Waals surface area contributed by atoms with Gasteiger partial charge in [-0.05, 0) is 18.6 Å². The van der Waals surface area contributed by atoms with Crippen LogP contribution in [0.2, 0.25) is 0 Å². The lowest BCUT2D eigenvalue weighted by Crippen LogP contribution is -2.13. The summed E-state index contributed by atoms with van der Waals surface area (Å²) >= 11 is 3.52. The summed E-state index contributed by atoms with van der Waals surface area (Å²) in [5.74, 6) is 1.63. The molecule has 2 nitrogen and oxygen atoms in total. The summed E-state index contributed by atoms with van der Waals surface area (Å²) in [6.07, 6.45) is 3.11. The number of hydrogen-bond acceptors (Lipinski definition) is 4. The summed E-state index contributed by atoms with van der Waals surface area (Å²) < 4.78 is 0. The summed E-state index contributed by atoms with van der Waals surface area (Å²) in [5, 5.41) is 3.28. The summed E-state index contributed by atoms with van der Waals surface area (Å²) in [7, 11) is 0. The molecule has 0 aromatic carbocycles. The Morgan fingerprint density at radius 3 is 2.86 bits per heavy atom. The van der Waals surface area contributed by atoms with Crippen LogP contribution in [-0.4, -0.2) is 11.2 Å². The zero-order valence-electron chi connectivity index (χ0n) is 8.99. The first-order valence-electron chi connectivity index (χ1n) is 4.82. The molecule has 0 radical (unpaired) electrons. The minimum Gasteiger partial charge on any atom is -0.323 e. The van der Waals surface area contributed by atoms with E-state index in [-0.39, 0.29) is 6.04 Å². The lowest BCUT2D eigenvalue weighted by atomic mass is 10.0. The van der Waals surface area contributed by atoms with Crippen molar-refractivity contribution in [2.75, 3.05) is 6.26 Å². The highest BCUT2D eigenvalue weighted by atomic mass is 32.2. The van der Waals surface area contributed by atoms with Crippen molar-refractivity contribution in [3.8, 4) is 0 Å². The molecule has 1 heterocycles. The van der Waals surface area contributed by atoms with Gasteiger partial charge in [0.25, 0.3) is 0 Å². The smallest absolute Gasteiger partial charge is 0.103 e. The quantitative estimate of drug-likeness (QED) is 0.845. The molecule has 0 aliphatic rings. The molecule has 0 saturated heterocycles. The number of thiazole rings is 1. The van der Waals surface area contributed by atoms with E-state index in [9.17, 15) is 0 Å². The zero-order chi connectivity index (χ0) is 10.6. The summed E-state index contributed by atoms with van der Waals surface area (Å²) in [4.78, 5) is 4.53. The minimum absolute atomic E-state index is 0.113. The maximum atomic E-state index is 6.04. The van der Waals surface area contributed by atoms with Crippen molar-refractivity contribution in [2.24, 2.45) is 11.7 Å². The molecule has 1 aromatic rings. The van der Waals surface area contributed by atoms with E-state index in [4.69, 9.17) is 5.73 Å². The van der Waals surface area contributed by atoms with Gasteiger partial charge in [0.15, 0.2) is 0 Å². The third kappa shape index (κ3) is 3.59. The molecule has 0 aliphatic heterocycles. The van der Waals surface area contributed by atoms with Gasteiger partial charge in [0, 0.05) is 17.2 Å². The molecule has 1 rings (SSSR count). The zero-order valence-corrected chi connectivity index (χ0v) is 10.6. The number of rotatable bonds is 5. The molecule has 14 heavy (non-hydrogen) atoms. The molecular weight excluding hydrogens is 212 g/mol. The minimum atomic E-state index is 0.113. The SMILES string of the molecule is CSCc1nc(C(N)CC(C)C)cs1. The molecule has 4 heteroatoms. The van der Waals surface area contributed by atoms with E-state index < -0.39 is 0 Å². The van der Waals surface area contributed by atoms with Crippen LogP contribution in [0.3, 0.4) is 0 Å². The second kappa shape index (κ2) is 5.73. The first-order valence-corrected chi connectivity index (χ1v) is 7.09. The standard InChI is InChI=1S/C10H18N2S2/c1-7(2)4-8(11)9-5-14-10(12-9)6-13-3/h5,7-8H,4,6,11H2,1-3H3. The molecule has 0 bridgehead atoms. The van der Waals surface area contributed by atoms with Crippen LogP contribution in [0.5, 0.6) is 0 Å². The van der Waals surface area contributed by atoms with Crippen LogP contribution in [0, 0.1) is 5.92 Å². The van der Waals surface area contributed by atoms with E-state index in [0.29, 0.717) is 5.92 Å². The normalized spacial score (nSPS) is 13.5. The number of hydrogen-bond donors (Lipinski definition) is 1. The van der Waals surface area contributed by atoms with Crippen LogP contribution in [0.25, 0.3) is 0 Å². The number of nitrogens with two attached hydrogens (primary N) is 1. The summed E-state index contributed by atoms with van der Waals surface area (Å²) in [6.45, 7) is 4.38. The van der Waals surface area contributed by atoms with Crippen LogP contribution < -0.4 is 5.73 Å². The molecular formula is C10H18N2S2. The van der Waals surface area contributed by atoms with Gasteiger partial charge >= 0.3 is 0 Å². The van der Waals surface area contributed by atoms with Crippen LogP contribution >= 0.6 is 23.1 Å². The van der Waals surface area contributed by atoms with Crippen molar-refractivity contribution < 1.29 is 0 Å². The van der Waals surface area contributed by atoms with E-state index in [1.807, 2.05) is 0 Å². The maximum Gasteiger partial charge on any atom is 0.103 e. The van der Waals surface area contributed by atoms with Gasteiger partial charge in [0.1, 0.15) is 5.01 Å². The van der Waals surface area contributed by atoms with Crippen molar-refractivity contribution in [2.45, 2.75) is 32.1 Å². The fourth-order valence-electron chi connectivity index (χ4n) is 1.31. The highest BCUT2D eigenvalue weighted by Crippen LogP contribution is 2.22. The van der Waals surface area contributed by atoms with Crippen molar-refractivity contribution in [3.63, 3.8) is 0 Å². The average Bonchev–Trinajstić information content (AvgIpc) is 2.52. The van der Waals surface area contributed by atoms with Gasteiger partial charge in [-0.25, -0.2) is 4.98 Å². The van der Waals surface area contributed by atoms with Crippen molar-refractivity contribution in [1.82, 2.24) is 4.98 Å². The number of nitrogens with zero attached hydrogens (tertiary/aromatic N) is 1. The summed E-state index contributed by atoms with van der Waals surface area (Å²) in [5.41, 5.74) is 7.11. The van der Waals surface area contributed by atoms with Gasteiger partial charge in [-0.15, -0.1) is 11.3 Å².